The highest BCUT2D eigenvalue weighted by molar-refractivity contribution is 5.73. The van der Waals surface area contributed by atoms with Gasteiger partial charge in [0.1, 0.15) is 5.75 Å². The molecule has 1 fully saturated rings. The molecule has 3 N–H and O–H groups in total. The van der Waals surface area contributed by atoms with Crippen molar-refractivity contribution in [3.8, 4) is 5.75 Å². The predicted octanol–water partition coefficient (Wildman–Crippen LogP) is 2.42. The van der Waals surface area contributed by atoms with Crippen LogP contribution >= 0.6 is 0 Å². The summed E-state index contributed by atoms with van der Waals surface area (Å²) in [5.74, 6) is 0.712. The van der Waals surface area contributed by atoms with Crippen molar-refractivity contribution in [2.75, 3.05) is 13.1 Å². The fraction of sp³-hybridized carbons (Fsp3) is 0.533. The van der Waals surface area contributed by atoms with Gasteiger partial charge in [-0.2, -0.15) is 8.78 Å². The molecule has 1 aromatic rings. The summed E-state index contributed by atoms with van der Waals surface area (Å²) in [5, 5.41) is 15.2. The minimum absolute atomic E-state index is 0.00655. The van der Waals surface area contributed by atoms with Crippen LogP contribution in [0.4, 0.5) is 13.6 Å². The average molecular weight is 314 g/mol. The monoisotopic (exact) mass is 314 g/mol. The maximum atomic E-state index is 12.1. The van der Waals surface area contributed by atoms with Crippen LogP contribution in [-0.4, -0.2) is 30.8 Å². The first-order valence-electron chi connectivity index (χ1n) is 7.29. The molecule has 1 aliphatic rings. The van der Waals surface area contributed by atoms with Crippen LogP contribution in [0.3, 0.4) is 0 Å². The number of carbonyl (C=O) groups excluding carboxylic acids is 1. The summed E-state index contributed by atoms with van der Waals surface area (Å²) in [6, 6.07) is 5.44. The minimum atomic E-state index is -2.91. The second-order valence-electron chi connectivity index (χ2n) is 5.34. The number of ether oxygens (including phenoxy) is 1. The lowest BCUT2D eigenvalue weighted by atomic mass is 10.1. The number of aliphatic hydroxyl groups excluding tert-OH is 1. The van der Waals surface area contributed by atoms with E-state index >= 15 is 0 Å². The Balaban J connectivity index is 1.73. The Morgan fingerprint density at radius 1 is 1.36 bits per heavy atom. The van der Waals surface area contributed by atoms with Crippen molar-refractivity contribution in [1.82, 2.24) is 10.6 Å². The number of benzene rings is 1. The molecule has 7 heteroatoms. The van der Waals surface area contributed by atoms with Gasteiger partial charge >= 0.3 is 12.6 Å². The molecule has 1 aliphatic carbocycles. The number of amides is 2. The Bertz CT molecular complexity index is 495. The van der Waals surface area contributed by atoms with Crippen molar-refractivity contribution in [2.24, 2.45) is 5.92 Å². The smallest absolute Gasteiger partial charge is 0.387 e. The third-order valence-electron chi connectivity index (χ3n) is 3.46. The van der Waals surface area contributed by atoms with Gasteiger partial charge in [-0.15, -0.1) is 0 Å². The minimum Gasteiger partial charge on any atom is -0.435 e. The summed E-state index contributed by atoms with van der Waals surface area (Å²) < 4.78 is 28.5. The maximum Gasteiger partial charge on any atom is 0.387 e. The van der Waals surface area contributed by atoms with E-state index in [1.807, 2.05) is 0 Å². The topological polar surface area (TPSA) is 70.6 Å². The SMILES string of the molecule is O=C(NCCC1CC1)NCC(O)c1cccc(OC(F)F)c1. The molecular formula is C15H20F2N2O3. The molecule has 1 unspecified atom stereocenters. The Kier molecular flexibility index (Phi) is 5.94. The van der Waals surface area contributed by atoms with Crippen molar-refractivity contribution in [3.63, 3.8) is 0 Å². The number of hydrogen-bond acceptors (Lipinski definition) is 3. The molecule has 22 heavy (non-hydrogen) atoms. The van der Waals surface area contributed by atoms with Gasteiger partial charge in [0.05, 0.1) is 6.10 Å². The van der Waals surface area contributed by atoms with Gasteiger partial charge in [0.2, 0.25) is 0 Å². The lowest BCUT2D eigenvalue weighted by Gasteiger charge is -2.14. The number of halogens is 2. The van der Waals surface area contributed by atoms with Crippen LogP contribution in [0.25, 0.3) is 0 Å². The molecule has 0 bridgehead atoms. The van der Waals surface area contributed by atoms with Crippen LogP contribution in [0.15, 0.2) is 24.3 Å². The normalized spacial score (nSPS) is 15.5. The average Bonchev–Trinajstić information content (AvgIpc) is 3.28. The summed E-state index contributed by atoms with van der Waals surface area (Å²) >= 11 is 0. The zero-order chi connectivity index (χ0) is 15.9. The third kappa shape index (κ3) is 5.85. The number of nitrogens with one attached hydrogen (secondary N) is 2. The van der Waals surface area contributed by atoms with Gasteiger partial charge in [-0.1, -0.05) is 25.0 Å². The summed E-state index contributed by atoms with van der Waals surface area (Å²) in [6.07, 6.45) is 2.46. The molecule has 122 valence electrons. The molecule has 0 aliphatic heterocycles. The molecule has 0 aromatic heterocycles. The zero-order valence-corrected chi connectivity index (χ0v) is 12.1. The Labute approximate surface area is 127 Å². The van der Waals surface area contributed by atoms with Crippen molar-refractivity contribution >= 4 is 6.03 Å². The van der Waals surface area contributed by atoms with Crippen molar-refractivity contribution in [2.45, 2.75) is 32.0 Å². The summed E-state index contributed by atoms with van der Waals surface area (Å²) in [6.45, 7) is -2.31. The second-order valence-corrected chi connectivity index (χ2v) is 5.34. The number of aliphatic hydroxyl groups is 1. The lowest BCUT2D eigenvalue weighted by Crippen LogP contribution is -2.38. The van der Waals surface area contributed by atoms with Crippen LogP contribution in [-0.2, 0) is 0 Å². The fourth-order valence-corrected chi connectivity index (χ4v) is 2.06. The Morgan fingerprint density at radius 3 is 2.82 bits per heavy atom. The quantitative estimate of drug-likeness (QED) is 0.690. The van der Waals surface area contributed by atoms with Gasteiger partial charge in [0.25, 0.3) is 0 Å². The van der Waals surface area contributed by atoms with E-state index in [1.165, 1.54) is 31.0 Å². The van der Waals surface area contributed by atoms with Crippen LogP contribution in [0.5, 0.6) is 5.75 Å². The van der Waals surface area contributed by atoms with E-state index in [-0.39, 0.29) is 18.3 Å². The second kappa shape index (κ2) is 7.93. The van der Waals surface area contributed by atoms with E-state index in [0.29, 0.717) is 12.1 Å². The van der Waals surface area contributed by atoms with E-state index < -0.39 is 12.7 Å². The van der Waals surface area contributed by atoms with Gasteiger partial charge in [-0.3, -0.25) is 0 Å². The molecular weight excluding hydrogens is 294 g/mol. The van der Waals surface area contributed by atoms with E-state index in [9.17, 15) is 18.7 Å². The van der Waals surface area contributed by atoms with Crippen LogP contribution in [0, 0.1) is 5.92 Å². The van der Waals surface area contributed by atoms with Crippen LogP contribution < -0.4 is 15.4 Å². The highest BCUT2D eigenvalue weighted by Crippen LogP contribution is 2.31. The number of carbonyl (C=O) groups is 1. The Hall–Kier alpha value is -1.89. The van der Waals surface area contributed by atoms with Gasteiger partial charge in [0, 0.05) is 13.1 Å². The van der Waals surface area contributed by atoms with Crippen molar-refractivity contribution in [3.05, 3.63) is 29.8 Å². The maximum absolute atomic E-state index is 12.1. The molecule has 2 amide bonds. The highest BCUT2D eigenvalue weighted by atomic mass is 19.3. The summed E-state index contributed by atoms with van der Waals surface area (Å²) in [4.78, 5) is 11.5. The molecule has 1 atom stereocenters. The molecule has 2 rings (SSSR count). The number of rotatable bonds is 8. The molecule has 0 heterocycles. The largest absolute Gasteiger partial charge is 0.435 e. The van der Waals surface area contributed by atoms with Crippen molar-refractivity contribution < 1.29 is 23.4 Å². The predicted molar refractivity (Wildman–Crippen MR) is 76.8 cm³/mol. The zero-order valence-electron chi connectivity index (χ0n) is 12.1. The summed E-state index contributed by atoms with van der Waals surface area (Å²) in [7, 11) is 0. The fourth-order valence-electron chi connectivity index (χ4n) is 2.06. The Morgan fingerprint density at radius 2 is 2.14 bits per heavy atom. The first-order valence-corrected chi connectivity index (χ1v) is 7.29. The summed E-state index contributed by atoms with van der Waals surface area (Å²) in [5.41, 5.74) is 0.399. The third-order valence-corrected chi connectivity index (χ3v) is 3.46. The highest BCUT2D eigenvalue weighted by Gasteiger charge is 2.20. The van der Waals surface area contributed by atoms with Gasteiger partial charge in [-0.05, 0) is 30.0 Å². The van der Waals surface area contributed by atoms with Gasteiger partial charge < -0.3 is 20.5 Å². The van der Waals surface area contributed by atoms with E-state index in [1.54, 1.807) is 6.07 Å². The number of hydrogen-bond donors (Lipinski definition) is 3. The van der Waals surface area contributed by atoms with E-state index in [0.717, 1.165) is 12.3 Å². The van der Waals surface area contributed by atoms with Crippen LogP contribution in [0.2, 0.25) is 0 Å². The number of urea groups is 1. The molecule has 0 spiro atoms. The van der Waals surface area contributed by atoms with Gasteiger partial charge in [-0.25, -0.2) is 4.79 Å². The molecule has 1 aromatic carbocycles. The molecule has 0 saturated heterocycles. The van der Waals surface area contributed by atoms with Crippen LogP contribution in [0.1, 0.15) is 30.9 Å². The van der Waals surface area contributed by atoms with Gasteiger partial charge in [0.15, 0.2) is 0 Å². The van der Waals surface area contributed by atoms with E-state index in [4.69, 9.17) is 0 Å². The lowest BCUT2D eigenvalue weighted by molar-refractivity contribution is -0.0499. The number of alkyl halides is 2. The van der Waals surface area contributed by atoms with Crippen molar-refractivity contribution in [1.29, 1.82) is 0 Å². The first kappa shape index (κ1) is 16.5. The standard InChI is InChI=1S/C15H20F2N2O3/c16-14(17)22-12-3-1-2-11(8-12)13(20)9-19-15(21)18-7-6-10-4-5-10/h1-3,8,10,13-14,20H,4-7,9H2,(H2,18,19,21). The molecule has 0 radical (unpaired) electrons. The molecule has 1 saturated carbocycles. The van der Waals surface area contributed by atoms with E-state index in [2.05, 4.69) is 15.4 Å². The molecule has 5 nitrogen and oxygen atoms in total. The first-order chi connectivity index (χ1) is 10.5.